The molecule has 0 aliphatic carbocycles. The summed E-state index contributed by atoms with van der Waals surface area (Å²) in [7, 11) is 0. The maximum Gasteiger partial charge on any atom is 0.219 e. The standard InChI is InChI=1S/C17H21FN2O/c1-12-6-5-7-14(16(12)18)21-15-9-8-13(10-19-15)11-20-17(2,3)4/h5-10,20H,11H2,1-4H3. The highest BCUT2D eigenvalue weighted by molar-refractivity contribution is 5.33. The van der Waals surface area contributed by atoms with Crippen LogP contribution in [0.4, 0.5) is 4.39 Å². The quantitative estimate of drug-likeness (QED) is 0.915. The number of nitrogens with one attached hydrogen (secondary N) is 1. The van der Waals surface area contributed by atoms with Crippen molar-refractivity contribution < 1.29 is 9.13 Å². The van der Waals surface area contributed by atoms with Gasteiger partial charge in [0.05, 0.1) is 0 Å². The Morgan fingerprint density at radius 2 is 1.95 bits per heavy atom. The highest BCUT2D eigenvalue weighted by Crippen LogP contribution is 2.24. The van der Waals surface area contributed by atoms with Gasteiger partial charge >= 0.3 is 0 Å². The van der Waals surface area contributed by atoms with Crippen LogP contribution < -0.4 is 10.1 Å². The Hall–Kier alpha value is -1.94. The first-order valence-corrected chi connectivity index (χ1v) is 6.98. The average Bonchev–Trinajstić information content (AvgIpc) is 2.42. The highest BCUT2D eigenvalue weighted by atomic mass is 19.1. The Morgan fingerprint density at radius 3 is 2.57 bits per heavy atom. The van der Waals surface area contributed by atoms with Gasteiger partial charge < -0.3 is 10.1 Å². The third kappa shape index (κ3) is 4.53. The molecule has 0 amide bonds. The monoisotopic (exact) mass is 288 g/mol. The molecule has 2 rings (SSSR count). The minimum Gasteiger partial charge on any atom is -0.436 e. The molecule has 4 heteroatoms. The smallest absolute Gasteiger partial charge is 0.219 e. The molecule has 1 N–H and O–H groups in total. The van der Waals surface area contributed by atoms with E-state index in [0.717, 1.165) is 12.1 Å². The van der Waals surface area contributed by atoms with Gasteiger partial charge in [-0.15, -0.1) is 0 Å². The normalized spacial score (nSPS) is 11.5. The van der Waals surface area contributed by atoms with Gasteiger partial charge in [-0.3, -0.25) is 0 Å². The molecular formula is C17H21FN2O. The van der Waals surface area contributed by atoms with Crippen LogP contribution in [0.3, 0.4) is 0 Å². The number of pyridine rings is 1. The SMILES string of the molecule is Cc1cccc(Oc2ccc(CNC(C)(C)C)cn2)c1F. The molecule has 1 aromatic carbocycles. The Labute approximate surface area is 125 Å². The summed E-state index contributed by atoms with van der Waals surface area (Å²) in [6.07, 6.45) is 1.74. The zero-order chi connectivity index (χ0) is 15.5. The fraction of sp³-hybridized carbons (Fsp3) is 0.353. The van der Waals surface area contributed by atoms with Crippen LogP contribution in [-0.2, 0) is 6.54 Å². The molecule has 0 saturated heterocycles. The van der Waals surface area contributed by atoms with Crippen molar-refractivity contribution in [3.63, 3.8) is 0 Å². The summed E-state index contributed by atoms with van der Waals surface area (Å²) in [5, 5.41) is 3.38. The van der Waals surface area contributed by atoms with Crippen LogP contribution in [0.25, 0.3) is 0 Å². The van der Waals surface area contributed by atoms with E-state index in [-0.39, 0.29) is 17.1 Å². The second-order valence-electron chi connectivity index (χ2n) is 6.10. The first-order valence-electron chi connectivity index (χ1n) is 6.98. The Balaban J connectivity index is 2.04. The minimum absolute atomic E-state index is 0.0554. The van der Waals surface area contributed by atoms with Crippen molar-refractivity contribution in [1.82, 2.24) is 10.3 Å². The molecule has 0 bridgehead atoms. The van der Waals surface area contributed by atoms with Crippen LogP contribution in [0.5, 0.6) is 11.6 Å². The fourth-order valence-electron chi connectivity index (χ4n) is 1.76. The van der Waals surface area contributed by atoms with Crippen molar-refractivity contribution in [2.45, 2.75) is 39.8 Å². The first kappa shape index (κ1) is 15.4. The van der Waals surface area contributed by atoms with Gasteiger partial charge in [0.25, 0.3) is 0 Å². The summed E-state index contributed by atoms with van der Waals surface area (Å²) in [6, 6.07) is 8.74. The molecule has 0 fully saturated rings. The lowest BCUT2D eigenvalue weighted by molar-refractivity contribution is 0.418. The number of ether oxygens (including phenoxy) is 1. The van der Waals surface area contributed by atoms with Gasteiger partial charge in [-0.25, -0.2) is 9.37 Å². The fourth-order valence-corrected chi connectivity index (χ4v) is 1.76. The minimum atomic E-state index is -0.349. The summed E-state index contributed by atoms with van der Waals surface area (Å²) < 4.78 is 19.3. The van der Waals surface area contributed by atoms with Crippen LogP contribution in [0, 0.1) is 12.7 Å². The molecule has 1 aromatic heterocycles. The van der Waals surface area contributed by atoms with E-state index in [2.05, 4.69) is 31.1 Å². The van der Waals surface area contributed by atoms with E-state index in [4.69, 9.17) is 4.74 Å². The first-order chi connectivity index (χ1) is 9.85. The Kier molecular flexibility index (Phi) is 4.58. The number of hydrogen-bond donors (Lipinski definition) is 1. The van der Waals surface area contributed by atoms with Crippen molar-refractivity contribution >= 4 is 0 Å². The van der Waals surface area contributed by atoms with E-state index in [1.54, 1.807) is 37.4 Å². The maximum atomic E-state index is 13.9. The predicted octanol–water partition coefficient (Wildman–Crippen LogP) is 4.21. The van der Waals surface area contributed by atoms with E-state index in [1.807, 2.05) is 6.07 Å². The molecule has 3 nitrogen and oxygen atoms in total. The third-order valence-corrected chi connectivity index (χ3v) is 2.99. The number of aryl methyl sites for hydroxylation is 1. The lowest BCUT2D eigenvalue weighted by Gasteiger charge is -2.20. The van der Waals surface area contributed by atoms with Crippen LogP contribution in [0.15, 0.2) is 36.5 Å². The topological polar surface area (TPSA) is 34.1 Å². The Bertz CT molecular complexity index is 603. The van der Waals surface area contributed by atoms with Gasteiger partial charge in [0.15, 0.2) is 11.6 Å². The maximum absolute atomic E-state index is 13.9. The zero-order valence-electron chi connectivity index (χ0n) is 12.9. The third-order valence-electron chi connectivity index (χ3n) is 2.99. The van der Waals surface area contributed by atoms with Crippen LogP contribution >= 0.6 is 0 Å². The van der Waals surface area contributed by atoms with Crippen LogP contribution in [-0.4, -0.2) is 10.5 Å². The number of nitrogens with zero attached hydrogens (tertiary/aromatic N) is 1. The highest BCUT2D eigenvalue weighted by Gasteiger charge is 2.10. The van der Waals surface area contributed by atoms with Crippen LogP contribution in [0.2, 0.25) is 0 Å². The van der Waals surface area contributed by atoms with Crippen molar-refractivity contribution in [3.8, 4) is 11.6 Å². The van der Waals surface area contributed by atoms with E-state index in [0.29, 0.717) is 11.4 Å². The number of aromatic nitrogens is 1. The van der Waals surface area contributed by atoms with E-state index < -0.39 is 0 Å². The molecule has 0 unspecified atom stereocenters. The molecule has 1 heterocycles. The van der Waals surface area contributed by atoms with Gasteiger partial charge in [0, 0.05) is 24.3 Å². The van der Waals surface area contributed by atoms with Crippen molar-refractivity contribution in [2.24, 2.45) is 0 Å². The summed E-state index contributed by atoms with van der Waals surface area (Å²) >= 11 is 0. The molecule has 0 aliphatic heterocycles. The zero-order valence-corrected chi connectivity index (χ0v) is 12.9. The van der Waals surface area contributed by atoms with Crippen molar-refractivity contribution in [3.05, 3.63) is 53.5 Å². The summed E-state index contributed by atoms with van der Waals surface area (Å²) in [6.45, 7) is 8.77. The van der Waals surface area contributed by atoms with Gasteiger partial charge in [0.1, 0.15) is 0 Å². The average molecular weight is 288 g/mol. The molecule has 0 saturated carbocycles. The molecule has 0 spiro atoms. The van der Waals surface area contributed by atoms with E-state index >= 15 is 0 Å². The van der Waals surface area contributed by atoms with E-state index in [9.17, 15) is 4.39 Å². The molecule has 2 aromatic rings. The molecule has 0 radical (unpaired) electrons. The summed E-state index contributed by atoms with van der Waals surface area (Å²) in [5.41, 5.74) is 1.67. The summed E-state index contributed by atoms with van der Waals surface area (Å²) in [5.74, 6) is 0.236. The van der Waals surface area contributed by atoms with Gasteiger partial charge in [-0.2, -0.15) is 0 Å². The van der Waals surface area contributed by atoms with Gasteiger partial charge in [-0.05, 0) is 44.9 Å². The van der Waals surface area contributed by atoms with Crippen LogP contribution in [0.1, 0.15) is 31.9 Å². The molecule has 0 aliphatic rings. The number of benzene rings is 1. The summed E-state index contributed by atoms with van der Waals surface area (Å²) in [4.78, 5) is 4.22. The second-order valence-corrected chi connectivity index (χ2v) is 6.10. The molecule has 112 valence electrons. The number of halogens is 1. The largest absolute Gasteiger partial charge is 0.436 e. The van der Waals surface area contributed by atoms with Gasteiger partial charge in [-0.1, -0.05) is 18.2 Å². The lowest BCUT2D eigenvalue weighted by atomic mass is 10.1. The van der Waals surface area contributed by atoms with Crippen molar-refractivity contribution in [1.29, 1.82) is 0 Å². The number of hydrogen-bond acceptors (Lipinski definition) is 3. The number of rotatable bonds is 4. The molecule has 21 heavy (non-hydrogen) atoms. The second kappa shape index (κ2) is 6.22. The van der Waals surface area contributed by atoms with E-state index in [1.165, 1.54) is 0 Å². The molecular weight excluding hydrogens is 267 g/mol. The van der Waals surface area contributed by atoms with Crippen molar-refractivity contribution in [2.75, 3.05) is 0 Å². The Morgan fingerprint density at radius 1 is 1.19 bits per heavy atom. The lowest BCUT2D eigenvalue weighted by Crippen LogP contribution is -2.35. The molecule has 0 atom stereocenters. The predicted molar refractivity (Wildman–Crippen MR) is 82.0 cm³/mol. The van der Waals surface area contributed by atoms with Gasteiger partial charge in [0.2, 0.25) is 5.88 Å².